The van der Waals surface area contributed by atoms with Gasteiger partial charge >= 0.3 is 12.2 Å². The third-order valence-corrected chi connectivity index (χ3v) is 5.37. The third kappa shape index (κ3) is 7.76. The molecule has 3 aromatic rings. The fourth-order valence-electron chi connectivity index (χ4n) is 3.17. The number of nitrogens with one attached hydrogen (secondary N) is 3. The quantitative estimate of drug-likeness (QED) is 0.357. The molecule has 1 aromatic heterocycles. The number of likely N-dealkylation sites (N-methyl/N-ethyl adjacent to an activating group) is 1. The molecule has 0 aliphatic heterocycles. The van der Waals surface area contributed by atoms with Gasteiger partial charge in [0.15, 0.2) is 5.78 Å². The molecule has 2 aromatic carbocycles. The lowest BCUT2D eigenvalue weighted by Crippen LogP contribution is -2.31. The number of pyridine rings is 1. The minimum Gasteiger partial charge on any atom is -0.351 e. The van der Waals surface area contributed by atoms with E-state index in [0.29, 0.717) is 18.8 Å². The second kappa shape index (κ2) is 11.8. The lowest BCUT2D eigenvalue weighted by atomic mass is 10.0. The average molecular weight is 534 g/mol. The van der Waals surface area contributed by atoms with Gasteiger partial charge in [-0.2, -0.15) is 13.2 Å². The van der Waals surface area contributed by atoms with Crippen molar-refractivity contribution in [3.8, 4) is 0 Å². The molecule has 8 nitrogen and oxygen atoms in total. The first-order valence-corrected chi connectivity index (χ1v) is 11.3. The van der Waals surface area contributed by atoms with E-state index < -0.39 is 22.8 Å². The average Bonchev–Trinajstić information content (AvgIpc) is 2.84. The summed E-state index contributed by atoms with van der Waals surface area (Å²) in [5.41, 5.74) is -0.132. The summed E-state index contributed by atoms with van der Waals surface area (Å²) >= 11 is 5.59. The van der Waals surface area contributed by atoms with Crippen LogP contribution in [0.3, 0.4) is 0 Å². The molecule has 0 saturated heterocycles. The highest BCUT2D eigenvalue weighted by molar-refractivity contribution is 6.31. The largest absolute Gasteiger partial charge is 0.417 e. The van der Waals surface area contributed by atoms with Gasteiger partial charge in [0.05, 0.1) is 16.1 Å². The molecule has 0 aliphatic rings. The molecule has 3 amide bonds. The predicted octanol–water partition coefficient (Wildman–Crippen LogP) is 4.92. The number of alkyl halides is 3. The van der Waals surface area contributed by atoms with Crippen LogP contribution in [0, 0.1) is 0 Å². The Kier molecular flexibility index (Phi) is 8.85. The fourth-order valence-corrected chi connectivity index (χ4v) is 3.39. The summed E-state index contributed by atoms with van der Waals surface area (Å²) in [6, 6.07) is 9.52. The van der Waals surface area contributed by atoms with Crippen LogP contribution in [0.4, 0.5) is 29.3 Å². The van der Waals surface area contributed by atoms with E-state index >= 15 is 0 Å². The van der Waals surface area contributed by atoms with E-state index in [-0.39, 0.29) is 34.1 Å². The number of hydrogen-bond donors (Lipinski definition) is 3. The first kappa shape index (κ1) is 27.6. The van der Waals surface area contributed by atoms with Gasteiger partial charge in [0.1, 0.15) is 0 Å². The van der Waals surface area contributed by atoms with Crippen LogP contribution in [0.15, 0.2) is 60.9 Å². The summed E-state index contributed by atoms with van der Waals surface area (Å²) in [6.07, 6.45) is -1.95. The molecule has 0 saturated carbocycles. The summed E-state index contributed by atoms with van der Waals surface area (Å²) < 4.78 is 39.0. The Balaban J connectivity index is 1.63. The number of amides is 3. The van der Waals surface area contributed by atoms with E-state index in [1.807, 2.05) is 19.0 Å². The molecule has 0 fully saturated rings. The van der Waals surface area contributed by atoms with Crippen molar-refractivity contribution in [1.29, 1.82) is 0 Å². The Bertz CT molecular complexity index is 1300. The molecule has 3 N–H and O–H groups in total. The molecule has 0 atom stereocenters. The maximum absolute atomic E-state index is 13.0. The van der Waals surface area contributed by atoms with Gasteiger partial charge in [-0.15, -0.1) is 0 Å². The van der Waals surface area contributed by atoms with Gasteiger partial charge in [-0.1, -0.05) is 11.6 Å². The molecular weight excluding hydrogens is 511 g/mol. The minimum atomic E-state index is -4.67. The topological polar surface area (TPSA) is 103 Å². The van der Waals surface area contributed by atoms with Crippen molar-refractivity contribution in [3.63, 3.8) is 0 Å². The molecule has 0 bridgehead atoms. The van der Waals surface area contributed by atoms with Gasteiger partial charge in [0.2, 0.25) is 0 Å². The third-order valence-electron chi connectivity index (χ3n) is 5.04. The molecule has 0 unspecified atom stereocenters. The SMILES string of the molecule is CN(C)CCNC(=O)c1cncc(C(=O)c2ccc(NC(=O)Nc3ccc(Cl)c(C(F)(F)F)c3)cc2)c1. The van der Waals surface area contributed by atoms with Crippen molar-refractivity contribution < 1.29 is 27.6 Å². The van der Waals surface area contributed by atoms with Crippen molar-refractivity contribution in [2.45, 2.75) is 6.18 Å². The molecule has 1 heterocycles. The number of urea groups is 1. The summed E-state index contributed by atoms with van der Waals surface area (Å²) in [6.45, 7) is 1.10. The lowest BCUT2D eigenvalue weighted by molar-refractivity contribution is -0.137. The Labute approximate surface area is 215 Å². The Morgan fingerprint density at radius 2 is 1.51 bits per heavy atom. The minimum absolute atomic E-state index is 0.0980. The monoisotopic (exact) mass is 533 g/mol. The Morgan fingerprint density at radius 1 is 0.892 bits per heavy atom. The van der Waals surface area contributed by atoms with E-state index in [1.165, 1.54) is 48.8 Å². The van der Waals surface area contributed by atoms with Crippen LogP contribution in [0.25, 0.3) is 0 Å². The number of nitrogens with zero attached hydrogens (tertiary/aromatic N) is 2. The number of benzene rings is 2. The molecule has 0 radical (unpaired) electrons. The predicted molar refractivity (Wildman–Crippen MR) is 134 cm³/mol. The van der Waals surface area contributed by atoms with Gasteiger partial charge in [0, 0.05) is 48.0 Å². The Hall–Kier alpha value is -3.96. The second-order valence-corrected chi connectivity index (χ2v) is 8.61. The molecule has 194 valence electrons. The first-order chi connectivity index (χ1) is 17.4. The van der Waals surface area contributed by atoms with Crippen LogP contribution in [-0.2, 0) is 6.18 Å². The lowest BCUT2D eigenvalue weighted by Gasteiger charge is -2.12. The first-order valence-electron chi connectivity index (χ1n) is 10.9. The van der Waals surface area contributed by atoms with Crippen LogP contribution in [0.1, 0.15) is 31.8 Å². The standard InChI is InChI=1S/C25H23ClF3N5O3/c1-34(2)10-9-31-23(36)17-11-16(13-30-14-17)22(35)15-3-5-18(6-4-15)32-24(37)33-19-7-8-21(26)20(12-19)25(27,28)29/h3-8,11-14H,9-10H2,1-2H3,(H,31,36)(H2,32,33,37). The van der Waals surface area contributed by atoms with E-state index in [2.05, 4.69) is 20.9 Å². The molecule has 0 spiro atoms. The number of aromatic nitrogens is 1. The number of anilines is 2. The number of carbonyl (C=O) groups is 3. The van der Waals surface area contributed by atoms with Gasteiger partial charge in [-0.3, -0.25) is 14.6 Å². The van der Waals surface area contributed by atoms with Crippen LogP contribution in [0.2, 0.25) is 5.02 Å². The van der Waals surface area contributed by atoms with Crippen molar-refractivity contribution in [2.75, 3.05) is 37.8 Å². The van der Waals surface area contributed by atoms with Crippen LogP contribution < -0.4 is 16.0 Å². The van der Waals surface area contributed by atoms with Crippen LogP contribution in [0.5, 0.6) is 0 Å². The molecule has 0 aliphatic carbocycles. The molecular formula is C25H23ClF3N5O3. The van der Waals surface area contributed by atoms with Gasteiger partial charge in [0.25, 0.3) is 5.91 Å². The fraction of sp³-hybridized carbons (Fsp3) is 0.200. The number of halogens is 4. The van der Waals surface area contributed by atoms with E-state index in [4.69, 9.17) is 11.6 Å². The summed E-state index contributed by atoms with van der Waals surface area (Å²) in [4.78, 5) is 43.3. The molecule has 12 heteroatoms. The number of hydrogen-bond acceptors (Lipinski definition) is 5. The smallest absolute Gasteiger partial charge is 0.351 e. The molecule has 3 rings (SSSR count). The zero-order valence-electron chi connectivity index (χ0n) is 19.8. The summed E-state index contributed by atoms with van der Waals surface area (Å²) in [7, 11) is 3.76. The van der Waals surface area contributed by atoms with E-state index in [1.54, 1.807) is 0 Å². The van der Waals surface area contributed by atoms with E-state index in [9.17, 15) is 27.6 Å². The van der Waals surface area contributed by atoms with Gasteiger partial charge in [-0.25, -0.2) is 4.79 Å². The summed E-state index contributed by atoms with van der Waals surface area (Å²) in [5.74, 6) is -0.732. The normalized spacial score (nSPS) is 11.2. The van der Waals surface area contributed by atoms with Crippen molar-refractivity contribution >= 4 is 40.7 Å². The van der Waals surface area contributed by atoms with E-state index in [0.717, 1.165) is 12.1 Å². The number of rotatable bonds is 8. The van der Waals surface area contributed by atoms with Gasteiger partial charge < -0.3 is 20.9 Å². The zero-order valence-corrected chi connectivity index (χ0v) is 20.6. The Morgan fingerprint density at radius 3 is 2.16 bits per heavy atom. The van der Waals surface area contributed by atoms with Gasteiger partial charge in [-0.05, 0) is 62.6 Å². The number of carbonyl (C=O) groups excluding carboxylic acids is 3. The highest BCUT2D eigenvalue weighted by Gasteiger charge is 2.33. The second-order valence-electron chi connectivity index (χ2n) is 8.20. The summed E-state index contributed by atoms with van der Waals surface area (Å²) in [5, 5.41) is 7.05. The van der Waals surface area contributed by atoms with Crippen LogP contribution >= 0.6 is 11.6 Å². The van der Waals surface area contributed by atoms with Crippen molar-refractivity contribution in [3.05, 3.63) is 88.2 Å². The highest BCUT2D eigenvalue weighted by atomic mass is 35.5. The maximum Gasteiger partial charge on any atom is 0.417 e. The zero-order chi connectivity index (χ0) is 27.2. The van der Waals surface area contributed by atoms with Crippen molar-refractivity contribution in [2.24, 2.45) is 0 Å². The maximum atomic E-state index is 13.0. The van der Waals surface area contributed by atoms with Crippen LogP contribution in [-0.4, -0.2) is 54.8 Å². The van der Waals surface area contributed by atoms with Crippen molar-refractivity contribution in [1.82, 2.24) is 15.2 Å². The highest BCUT2D eigenvalue weighted by Crippen LogP contribution is 2.36. The number of ketones is 1. The molecule has 37 heavy (non-hydrogen) atoms.